The van der Waals surface area contributed by atoms with Crippen molar-refractivity contribution in [2.24, 2.45) is 5.92 Å². The number of ketones is 2. The molecular weight excluding hydrogens is 388 g/mol. The Kier molecular flexibility index (Phi) is 4.99. The van der Waals surface area contributed by atoms with Crippen LogP contribution in [0, 0.1) is 5.92 Å². The SMILES string of the molecule is COc1ccc(C(=O)[C@@H]2Cc3ccccc3C(=O)[C@]2(O)c2ccc(Cl)cc2)cc1. The smallest absolute Gasteiger partial charge is 0.199 e. The molecule has 1 aliphatic carbocycles. The minimum absolute atomic E-state index is 0.256. The number of hydrogen-bond acceptors (Lipinski definition) is 4. The van der Waals surface area contributed by atoms with E-state index in [1.54, 1.807) is 67.8 Å². The molecule has 0 amide bonds. The van der Waals surface area contributed by atoms with Gasteiger partial charge in [-0.25, -0.2) is 0 Å². The average molecular weight is 407 g/mol. The number of fused-ring (bicyclic) bond motifs is 1. The number of benzene rings is 3. The van der Waals surface area contributed by atoms with E-state index in [1.807, 2.05) is 12.1 Å². The van der Waals surface area contributed by atoms with Crippen LogP contribution in [0.4, 0.5) is 0 Å². The molecule has 0 saturated heterocycles. The van der Waals surface area contributed by atoms with Gasteiger partial charge in [-0.3, -0.25) is 9.59 Å². The van der Waals surface area contributed by atoms with Crippen LogP contribution in [0.25, 0.3) is 0 Å². The summed E-state index contributed by atoms with van der Waals surface area (Å²) in [5.41, 5.74) is -0.0222. The lowest BCUT2D eigenvalue weighted by Crippen LogP contribution is -2.50. The third-order valence-corrected chi connectivity index (χ3v) is 5.76. The summed E-state index contributed by atoms with van der Waals surface area (Å²) in [4.78, 5) is 26.8. The van der Waals surface area contributed by atoms with Crippen LogP contribution in [0.15, 0.2) is 72.8 Å². The van der Waals surface area contributed by atoms with Crippen molar-refractivity contribution >= 4 is 23.2 Å². The predicted molar refractivity (Wildman–Crippen MR) is 111 cm³/mol. The minimum Gasteiger partial charge on any atom is -0.497 e. The fourth-order valence-electron chi connectivity index (χ4n) is 3.93. The molecule has 0 aromatic heterocycles. The van der Waals surface area contributed by atoms with E-state index in [4.69, 9.17) is 16.3 Å². The number of halogens is 1. The largest absolute Gasteiger partial charge is 0.497 e. The molecule has 2 atom stereocenters. The minimum atomic E-state index is -1.98. The van der Waals surface area contributed by atoms with Gasteiger partial charge in [0, 0.05) is 16.1 Å². The number of carbonyl (C=O) groups is 2. The Bertz CT molecular complexity index is 1070. The Morgan fingerprint density at radius 2 is 1.69 bits per heavy atom. The topological polar surface area (TPSA) is 63.6 Å². The molecule has 0 aliphatic heterocycles. The van der Waals surface area contributed by atoms with Crippen LogP contribution in [-0.2, 0) is 12.0 Å². The molecule has 29 heavy (non-hydrogen) atoms. The van der Waals surface area contributed by atoms with E-state index in [9.17, 15) is 14.7 Å². The van der Waals surface area contributed by atoms with Gasteiger partial charge in [-0.15, -0.1) is 0 Å². The summed E-state index contributed by atoms with van der Waals surface area (Å²) in [6.45, 7) is 0. The summed E-state index contributed by atoms with van der Waals surface area (Å²) in [7, 11) is 1.55. The summed E-state index contributed by atoms with van der Waals surface area (Å²) in [5, 5.41) is 12.2. The molecular formula is C24H19ClO4. The maximum atomic E-state index is 13.4. The predicted octanol–water partition coefficient (Wildman–Crippen LogP) is 4.47. The van der Waals surface area contributed by atoms with Crippen LogP contribution in [0.3, 0.4) is 0 Å². The molecule has 5 heteroatoms. The quantitative estimate of drug-likeness (QED) is 0.649. The van der Waals surface area contributed by atoms with Crippen molar-refractivity contribution in [2.75, 3.05) is 7.11 Å². The molecule has 0 heterocycles. The first-order chi connectivity index (χ1) is 13.9. The highest BCUT2D eigenvalue weighted by molar-refractivity contribution is 6.30. The van der Waals surface area contributed by atoms with E-state index in [-0.39, 0.29) is 12.2 Å². The van der Waals surface area contributed by atoms with Crippen LogP contribution in [0.5, 0.6) is 5.75 Å². The van der Waals surface area contributed by atoms with Crippen LogP contribution < -0.4 is 4.74 Å². The molecule has 0 saturated carbocycles. The number of Topliss-reactive ketones (excluding diaryl/α,β-unsaturated/α-hetero) is 2. The number of hydrogen-bond donors (Lipinski definition) is 1. The van der Waals surface area contributed by atoms with Crippen molar-refractivity contribution in [1.82, 2.24) is 0 Å². The lowest BCUT2D eigenvalue weighted by atomic mass is 9.66. The summed E-state index contributed by atoms with van der Waals surface area (Å²) in [5.74, 6) is -1.11. The highest BCUT2D eigenvalue weighted by Crippen LogP contribution is 2.42. The zero-order chi connectivity index (χ0) is 20.6. The van der Waals surface area contributed by atoms with E-state index < -0.39 is 17.3 Å². The van der Waals surface area contributed by atoms with Crippen LogP contribution in [-0.4, -0.2) is 23.8 Å². The van der Waals surface area contributed by atoms with Crippen LogP contribution in [0.1, 0.15) is 31.8 Å². The van der Waals surface area contributed by atoms with Crippen LogP contribution in [0.2, 0.25) is 5.02 Å². The first kappa shape index (κ1) is 19.4. The maximum Gasteiger partial charge on any atom is 0.199 e. The van der Waals surface area contributed by atoms with Gasteiger partial charge in [0.2, 0.25) is 0 Å². The summed E-state index contributed by atoms with van der Waals surface area (Å²) in [6.07, 6.45) is 0.256. The van der Waals surface area contributed by atoms with E-state index in [1.165, 1.54) is 0 Å². The lowest BCUT2D eigenvalue weighted by Gasteiger charge is -2.39. The molecule has 4 rings (SSSR count). The summed E-state index contributed by atoms with van der Waals surface area (Å²) < 4.78 is 5.15. The zero-order valence-electron chi connectivity index (χ0n) is 15.8. The molecule has 0 unspecified atom stereocenters. The summed E-state index contributed by atoms with van der Waals surface area (Å²) >= 11 is 5.99. The Morgan fingerprint density at radius 3 is 2.34 bits per heavy atom. The average Bonchev–Trinajstić information content (AvgIpc) is 2.76. The van der Waals surface area contributed by atoms with Crippen molar-refractivity contribution in [1.29, 1.82) is 0 Å². The highest BCUT2D eigenvalue weighted by atomic mass is 35.5. The molecule has 1 N–H and O–H groups in total. The molecule has 3 aromatic rings. The van der Waals surface area contributed by atoms with Crippen molar-refractivity contribution < 1.29 is 19.4 Å². The van der Waals surface area contributed by atoms with E-state index >= 15 is 0 Å². The fourth-order valence-corrected chi connectivity index (χ4v) is 4.05. The van der Waals surface area contributed by atoms with Gasteiger partial charge in [-0.05, 0) is 53.9 Å². The van der Waals surface area contributed by atoms with Gasteiger partial charge in [0.05, 0.1) is 13.0 Å². The van der Waals surface area contributed by atoms with E-state index in [0.29, 0.717) is 27.5 Å². The molecule has 0 radical (unpaired) electrons. The van der Waals surface area contributed by atoms with Crippen molar-refractivity contribution in [3.8, 4) is 5.75 Å². The maximum absolute atomic E-state index is 13.4. The molecule has 0 fully saturated rings. The number of aliphatic hydroxyl groups is 1. The molecule has 1 aliphatic rings. The molecule has 4 nitrogen and oxygen atoms in total. The normalized spacial score (nSPS) is 20.8. The van der Waals surface area contributed by atoms with Gasteiger partial charge >= 0.3 is 0 Å². The molecule has 0 bridgehead atoms. The molecule has 0 spiro atoms. The Morgan fingerprint density at radius 1 is 1.03 bits per heavy atom. The first-order valence-corrected chi connectivity index (χ1v) is 9.62. The molecule has 146 valence electrons. The van der Waals surface area contributed by atoms with Crippen molar-refractivity contribution in [3.63, 3.8) is 0 Å². The number of methoxy groups -OCH3 is 1. The van der Waals surface area contributed by atoms with E-state index in [0.717, 1.165) is 5.56 Å². The summed E-state index contributed by atoms with van der Waals surface area (Å²) in [6, 6.07) is 20.2. The van der Waals surface area contributed by atoms with Gasteiger partial charge in [-0.2, -0.15) is 0 Å². The van der Waals surface area contributed by atoms with Crippen molar-refractivity contribution in [2.45, 2.75) is 12.0 Å². The second-order valence-corrected chi connectivity index (χ2v) is 7.55. The van der Waals surface area contributed by atoms with Crippen LogP contribution >= 0.6 is 11.6 Å². The second kappa shape index (κ2) is 7.47. The third-order valence-electron chi connectivity index (χ3n) is 5.51. The Balaban J connectivity index is 1.85. The monoisotopic (exact) mass is 406 g/mol. The number of ether oxygens (including phenoxy) is 1. The standard InChI is InChI=1S/C24H19ClO4/c1-29-19-12-6-15(7-13-19)22(26)21-14-16-4-2-3-5-20(16)23(27)24(21,28)17-8-10-18(25)11-9-17/h2-13,21,28H,14H2,1H3/t21-,24-/m0/s1. The Labute approximate surface area is 173 Å². The lowest BCUT2D eigenvalue weighted by molar-refractivity contribution is -0.00589. The van der Waals surface area contributed by atoms with Gasteiger partial charge in [0.1, 0.15) is 5.75 Å². The first-order valence-electron chi connectivity index (χ1n) is 9.24. The third kappa shape index (κ3) is 3.24. The number of carbonyl (C=O) groups excluding carboxylic acids is 2. The Hall–Kier alpha value is -2.95. The zero-order valence-corrected chi connectivity index (χ0v) is 16.5. The van der Waals surface area contributed by atoms with Crippen molar-refractivity contribution in [3.05, 3.63) is 100 Å². The number of rotatable bonds is 4. The van der Waals surface area contributed by atoms with Gasteiger partial charge < -0.3 is 9.84 Å². The fraction of sp³-hybridized carbons (Fsp3) is 0.167. The van der Waals surface area contributed by atoms with Gasteiger partial charge in [0.25, 0.3) is 0 Å². The molecule has 3 aromatic carbocycles. The second-order valence-electron chi connectivity index (χ2n) is 7.11. The van der Waals surface area contributed by atoms with Gasteiger partial charge in [-0.1, -0.05) is 48.0 Å². The van der Waals surface area contributed by atoms with E-state index in [2.05, 4.69) is 0 Å². The van der Waals surface area contributed by atoms with Gasteiger partial charge in [0.15, 0.2) is 17.2 Å². The highest BCUT2D eigenvalue weighted by Gasteiger charge is 2.52.